The van der Waals surface area contributed by atoms with Crippen molar-refractivity contribution in [2.75, 3.05) is 0 Å². The lowest BCUT2D eigenvalue weighted by Gasteiger charge is -2.29. The first-order valence-corrected chi connectivity index (χ1v) is 13.6. The Hall–Kier alpha value is -3.54. The van der Waals surface area contributed by atoms with Crippen molar-refractivity contribution in [3.63, 3.8) is 0 Å². The summed E-state index contributed by atoms with van der Waals surface area (Å²) >= 11 is 20.0. The maximum Gasteiger partial charge on any atom is 0.338 e. The van der Waals surface area contributed by atoms with E-state index in [2.05, 4.69) is 22.0 Å². The Morgan fingerprint density at radius 3 is 2.73 bits per heavy atom. The third-order valence-corrected chi connectivity index (χ3v) is 7.87. The van der Waals surface area contributed by atoms with Crippen LogP contribution in [0.4, 0.5) is 0 Å². The first kappa shape index (κ1) is 26.7. The number of benzene rings is 2. The second-order valence-electron chi connectivity index (χ2n) is 9.63. The van der Waals surface area contributed by atoms with Gasteiger partial charge in [-0.15, -0.1) is 0 Å². The highest BCUT2D eigenvalue weighted by Gasteiger charge is 2.38. The number of nitrogens with zero attached hydrogens (tertiary/aromatic N) is 2. The van der Waals surface area contributed by atoms with E-state index in [9.17, 15) is 9.90 Å². The zero-order valence-corrected chi connectivity index (χ0v) is 23.3. The minimum Gasteiger partial charge on any atom is -0.478 e. The molecule has 1 N–H and O–H groups in total. The van der Waals surface area contributed by atoms with E-state index in [0.29, 0.717) is 38.3 Å². The number of halogens is 3. The quantitative estimate of drug-likeness (QED) is 0.179. The molecule has 40 heavy (non-hydrogen) atoms. The number of allylic oxidation sites excluding steroid dienone is 2. The summed E-state index contributed by atoms with van der Waals surface area (Å²) in [6, 6.07) is 8.39. The number of aromatic carboxylic acids is 1. The molecule has 0 amide bonds. The Labute approximate surface area is 244 Å². The van der Waals surface area contributed by atoms with Gasteiger partial charge in [-0.1, -0.05) is 76.1 Å². The van der Waals surface area contributed by atoms with Gasteiger partial charge in [0.2, 0.25) is 0 Å². The van der Waals surface area contributed by atoms with E-state index in [4.69, 9.17) is 48.5 Å². The van der Waals surface area contributed by atoms with Gasteiger partial charge in [-0.2, -0.15) is 0 Å². The van der Waals surface area contributed by atoms with Crippen molar-refractivity contribution in [3.8, 4) is 23.1 Å². The number of carbonyl (C=O) groups is 1. The van der Waals surface area contributed by atoms with Crippen LogP contribution in [-0.2, 0) is 11.3 Å². The highest BCUT2D eigenvalue weighted by Crippen LogP contribution is 2.47. The molecule has 2 atom stereocenters. The van der Waals surface area contributed by atoms with Crippen LogP contribution in [0.3, 0.4) is 0 Å². The Kier molecular flexibility index (Phi) is 6.97. The first-order chi connectivity index (χ1) is 19.2. The van der Waals surface area contributed by atoms with Crippen molar-refractivity contribution in [2.24, 2.45) is 5.92 Å². The van der Waals surface area contributed by atoms with E-state index >= 15 is 0 Å². The number of aryl methyl sites for hydroxylation is 1. The summed E-state index contributed by atoms with van der Waals surface area (Å²) < 4.78 is 17.6. The summed E-state index contributed by atoms with van der Waals surface area (Å²) in [5, 5.41) is 13.6. The van der Waals surface area contributed by atoms with Gasteiger partial charge in [0.15, 0.2) is 16.5 Å². The number of rotatable bonds is 6. The number of hydrogen-bond acceptors (Lipinski definition) is 6. The Morgan fingerprint density at radius 2 is 2.00 bits per heavy atom. The van der Waals surface area contributed by atoms with Gasteiger partial charge in [-0.3, -0.25) is 0 Å². The smallest absolute Gasteiger partial charge is 0.338 e. The lowest BCUT2D eigenvalue weighted by molar-refractivity contribution is 0.0248. The molecule has 0 spiro atoms. The lowest BCUT2D eigenvalue weighted by atomic mass is 9.96. The molecule has 10 heteroatoms. The molecule has 2 unspecified atom stereocenters. The average Bonchev–Trinajstić information content (AvgIpc) is 3.56. The van der Waals surface area contributed by atoms with Crippen molar-refractivity contribution < 1.29 is 23.6 Å². The average molecular weight is 596 g/mol. The summed E-state index contributed by atoms with van der Waals surface area (Å²) in [5.74, 6) is 5.84. The SMILES string of the molecule is Cc1nc2c(C(=O)O)cc(C#CC3C=CC=CC3(Cl)OCc3c(-c4c(Cl)cccc4Cl)noc3C3CC3)cc2o1. The second kappa shape index (κ2) is 10.5. The van der Waals surface area contributed by atoms with Crippen LogP contribution in [0.15, 0.2) is 63.6 Å². The van der Waals surface area contributed by atoms with Crippen molar-refractivity contribution in [2.45, 2.75) is 37.4 Å². The topological polar surface area (TPSA) is 98.6 Å². The van der Waals surface area contributed by atoms with Gasteiger partial charge >= 0.3 is 5.97 Å². The van der Waals surface area contributed by atoms with Crippen molar-refractivity contribution in [1.29, 1.82) is 0 Å². The van der Waals surface area contributed by atoms with Crippen LogP contribution < -0.4 is 0 Å². The molecular weight excluding hydrogens is 575 g/mol. The van der Waals surface area contributed by atoms with Crippen molar-refractivity contribution >= 4 is 51.9 Å². The van der Waals surface area contributed by atoms with Gasteiger partial charge in [0.25, 0.3) is 0 Å². The van der Waals surface area contributed by atoms with Crippen LogP contribution in [0.2, 0.25) is 10.0 Å². The molecule has 7 nitrogen and oxygen atoms in total. The number of aromatic nitrogens is 2. The largest absolute Gasteiger partial charge is 0.478 e. The zero-order chi connectivity index (χ0) is 28.0. The molecule has 202 valence electrons. The number of fused-ring (bicyclic) bond motifs is 1. The highest BCUT2D eigenvalue weighted by atomic mass is 35.5. The number of hydrogen-bond donors (Lipinski definition) is 1. The Balaban J connectivity index is 1.31. The van der Waals surface area contributed by atoms with Gasteiger partial charge in [-0.25, -0.2) is 9.78 Å². The van der Waals surface area contributed by atoms with Gasteiger partial charge in [0, 0.05) is 29.5 Å². The van der Waals surface area contributed by atoms with Crippen molar-refractivity contribution in [3.05, 3.63) is 93.0 Å². The minimum atomic E-state index is -1.32. The molecule has 0 aliphatic heterocycles. The summed E-state index contributed by atoms with van der Waals surface area (Å²) in [6.07, 6.45) is 9.17. The van der Waals surface area contributed by atoms with Gasteiger partial charge in [0.05, 0.1) is 28.1 Å². The molecule has 4 aromatic rings. The Morgan fingerprint density at radius 1 is 1.23 bits per heavy atom. The van der Waals surface area contributed by atoms with E-state index < -0.39 is 16.9 Å². The molecular formula is C30H21Cl3N2O5. The lowest BCUT2D eigenvalue weighted by Crippen LogP contribution is -2.32. The van der Waals surface area contributed by atoms with Crippen LogP contribution in [0, 0.1) is 24.7 Å². The molecule has 2 aliphatic rings. The standard InChI is InChI=1S/C30H21Cl3N2O5/c1-16-34-26-20(29(36)37)13-17(14-24(26)39-16)8-11-19-5-2-3-12-30(19,33)38-15-21-27(35-40-28(21)18-9-10-18)25-22(31)6-4-7-23(25)32/h2-7,12-14,18-19H,9-10,15H2,1H3,(H,36,37). The van der Waals surface area contributed by atoms with E-state index in [1.807, 2.05) is 12.2 Å². The minimum absolute atomic E-state index is 0.0111. The molecule has 2 aromatic heterocycles. The molecule has 1 fully saturated rings. The zero-order valence-electron chi connectivity index (χ0n) is 21.1. The first-order valence-electron chi connectivity index (χ1n) is 12.5. The number of oxazole rings is 1. The molecule has 0 saturated heterocycles. The van der Waals surface area contributed by atoms with E-state index in [1.165, 1.54) is 6.07 Å². The van der Waals surface area contributed by atoms with E-state index in [-0.39, 0.29) is 23.6 Å². The van der Waals surface area contributed by atoms with Gasteiger partial charge < -0.3 is 18.8 Å². The normalized spacial score (nSPS) is 20.1. The number of carboxylic acids is 1. The fourth-order valence-electron chi connectivity index (χ4n) is 4.65. The number of carboxylic acid groups (broad SMARTS) is 1. The molecule has 2 aromatic carbocycles. The number of ether oxygens (including phenoxy) is 1. The van der Waals surface area contributed by atoms with Crippen LogP contribution in [-0.4, -0.2) is 26.3 Å². The van der Waals surface area contributed by atoms with E-state index in [0.717, 1.165) is 24.2 Å². The maximum atomic E-state index is 11.8. The monoisotopic (exact) mass is 594 g/mol. The molecule has 0 radical (unpaired) electrons. The van der Waals surface area contributed by atoms with E-state index in [1.54, 1.807) is 43.3 Å². The van der Waals surface area contributed by atoms with Crippen LogP contribution in [0.25, 0.3) is 22.4 Å². The third kappa shape index (κ3) is 5.04. The predicted octanol–water partition coefficient (Wildman–Crippen LogP) is 7.92. The van der Waals surface area contributed by atoms with Crippen LogP contribution in [0.5, 0.6) is 0 Å². The third-order valence-electron chi connectivity index (χ3n) is 6.77. The van der Waals surface area contributed by atoms with Gasteiger partial charge in [0.1, 0.15) is 17.0 Å². The maximum absolute atomic E-state index is 11.8. The molecule has 1 saturated carbocycles. The molecule has 2 heterocycles. The fraction of sp³-hybridized carbons (Fsp3) is 0.233. The predicted molar refractivity (Wildman–Crippen MR) is 152 cm³/mol. The summed E-state index contributed by atoms with van der Waals surface area (Å²) in [4.78, 5) is 16.0. The molecule has 2 aliphatic carbocycles. The highest BCUT2D eigenvalue weighted by molar-refractivity contribution is 6.39. The van der Waals surface area contributed by atoms with Crippen molar-refractivity contribution in [1.82, 2.24) is 10.1 Å². The van der Waals surface area contributed by atoms with Crippen LogP contribution in [0.1, 0.15) is 51.9 Å². The fourth-order valence-corrected chi connectivity index (χ4v) is 5.48. The summed E-state index contributed by atoms with van der Waals surface area (Å²) in [5.41, 5.74) is 2.93. The Bertz CT molecular complexity index is 1750. The summed E-state index contributed by atoms with van der Waals surface area (Å²) in [7, 11) is 0. The van der Waals surface area contributed by atoms with Gasteiger partial charge in [-0.05, 0) is 43.2 Å². The number of alkyl halides is 1. The van der Waals surface area contributed by atoms with Crippen LogP contribution >= 0.6 is 34.8 Å². The second-order valence-corrected chi connectivity index (χ2v) is 11.0. The molecule has 0 bridgehead atoms. The molecule has 6 rings (SSSR count). The summed E-state index contributed by atoms with van der Waals surface area (Å²) in [6.45, 7) is 1.74.